The molecule has 0 saturated heterocycles. The zero-order valence-corrected chi connectivity index (χ0v) is 12.6. The predicted octanol–water partition coefficient (Wildman–Crippen LogP) is 4.14. The zero-order valence-electron chi connectivity index (χ0n) is 11.8. The van der Waals surface area contributed by atoms with E-state index in [1.807, 2.05) is 6.07 Å². The predicted molar refractivity (Wildman–Crippen MR) is 84.2 cm³/mol. The van der Waals surface area contributed by atoms with E-state index in [1.54, 1.807) is 0 Å². The lowest BCUT2D eigenvalue weighted by molar-refractivity contribution is 0.627. The Labute approximate surface area is 116 Å². The molecule has 1 atom stereocenters. The Hall–Kier alpha value is -1.09. The molecule has 3 heteroatoms. The van der Waals surface area contributed by atoms with Gasteiger partial charge in [0.2, 0.25) is 0 Å². The third kappa shape index (κ3) is 4.65. The van der Waals surface area contributed by atoms with Crippen molar-refractivity contribution in [1.82, 2.24) is 5.32 Å². The quantitative estimate of drug-likeness (QED) is 0.782. The summed E-state index contributed by atoms with van der Waals surface area (Å²) in [6.45, 7) is 9.69. The first-order valence-electron chi connectivity index (χ1n) is 6.68. The monoisotopic (exact) mass is 264 g/mol. The van der Waals surface area contributed by atoms with Gasteiger partial charge in [0.25, 0.3) is 0 Å². The van der Waals surface area contributed by atoms with Gasteiger partial charge >= 0.3 is 0 Å². The molecule has 0 saturated carbocycles. The maximum Gasteiger partial charge on any atom is 0.170 e. The van der Waals surface area contributed by atoms with Crippen molar-refractivity contribution in [3.05, 3.63) is 29.8 Å². The van der Waals surface area contributed by atoms with Gasteiger partial charge in [-0.1, -0.05) is 45.9 Å². The van der Waals surface area contributed by atoms with Gasteiger partial charge in [-0.05, 0) is 42.1 Å². The highest BCUT2D eigenvalue weighted by molar-refractivity contribution is 7.80. The number of rotatable bonds is 5. The van der Waals surface area contributed by atoms with Gasteiger partial charge in [-0.2, -0.15) is 0 Å². The summed E-state index contributed by atoms with van der Waals surface area (Å²) >= 11 is 5.31. The van der Waals surface area contributed by atoms with E-state index in [0.29, 0.717) is 16.9 Å². The fourth-order valence-corrected chi connectivity index (χ4v) is 1.92. The van der Waals surface area contributed by atoms with Crippen molar-refractivity contribution in [3.63, 3.8) is 0 Å². The lowest BCUT2D eigenvalue weighted by Gasteiger charge is -2.18. The van der Waals surface area contributed by atoms with Crippen LogP contribution < -0.4 is 10.6 Å². The van der Waals surface area contributed by atoms with Crippen LogP contribution >= 0.6 is 12.2 Å². The second-order valence-electron chi connectivity index (χ2n) is 5.13. The van der Waals surface area contributed by atoms with E-state index >= 15 is 0 Å². The highest BCUT2D eigenvalue weighted by atomic mass is 32.1. The first kappa shape index (κ1) is 15.0. The van der Waals surface area contributed by atoms with Gasteiger partial charge in [-0.25, -0.2) is 0 Å². The smallest absolute Gasteiger partial charge is 0.170 e. The van der Waals surface area contributed by atoms with Gasteiger partial charge in [0.15, 0.2) is 5.11 Å². The molecule has 0 amide bonds. The molecule has 100 valence electrons. The Kier molecular flexibility index (Phi) is 6.13. The van der Waals surface area contributed by atoms with E-state index in [-0.39, 0.29) is 0 Å². The summed E-state index contributed by atoms with van der Waals surface area (Å²) in [5.74, 6) is 1.14. The summed E-state index contributed by atoms with van der Waals surface area (Å²) in [7, 11) is 0. The Morgan fingerprint density at radius 2 is 1.89 bits per heavy atom. The van der Waals surface area contributed by atoms with Crippen LogP contribution in [0.15, 0.2) is 24.3 Å². The molecule has 0 radical (unpaired) electrons. The van der Waals surface area contributed by atoms with Gasteiger partial charge < -0.3 is 10.6 Å². The summed E-state index contributed by atoms with van der Waals surface area (Å²) in [6, 6.07) is 8.38. The Morgan fingerprint density at radius 3 is 2.50 bits per heavy atom. The number of anilines is 1. The van der Waals surface area contributed by atoms with Crippen LogP contribution in [-0.2, 0) is 0 Å². The molecule has 0 heterocycles. The second kappa shape index (κ2) is 7.37. The Balaban J connectivity index is 2.69. The average Bonchev–Trinajstić information content (AvgIpc) is 2.36. The Bertz CT molecular complexity index is 388. The van der Waals surface area contributed by atoms with Crippen molar-refractivity contribution in [1.29, 1.82) is 0 Å². The van der Waals surface area contributed by atoms with Gasteiger partial charge in [0.05, 0.1) is 0 Å². The summed E-state index contributed by atoms with van der Waals surface area (Å²) in [5.41, 5.74) is 2.45. The molecule has 0 bridgehead atoms. The average molecular weight is 264 g/mol. The van der Waals surface area contributed by atoms with Crippen molar-refractivity contribution >= 4 is 23.0 Å². The van der Waals surface area contributed by atoms with E-state index < -0.39 is 0 Å². The normalized spacial score (nSPS) is 12.3. The first-order valence-corrected chi connectivity index (χ1v) is 7.09. The third-order valence-corrected chi connectivity index (χ3v) is 3.27. The lowest BCUT2D eigenvalue weighted by atomic mass is 9.97. The lowest BCUT2D eigenvalue weighted by Crippen LogP contribution is -2.31. The van der Waals surface area contributed by atoms with Gasteiger partial charge in [0.1, 0.15) is 0 Å². The van der Waals surface area contributed by atoms with Crippen LogP contribution in [0.4, 0.5) is 5.69 Å². The molecule has 1 rings (SSSR count). The number of hydrogen-bond acceptors (Lipinski definition) is 1. The van der Waals surface area contributed by atoms with E-state index in [0.717, 1.165) is 18.7 Å². The number of benzene rings is 1. The van der Waals surface area contributed by atoms with Crippen LogP contribution in [-0.4, -0.2) is 11.7 Å². The molecule has 0 aliphatic rings. The SMILES string of the molecule is CCC(C)c1ccccc1NC(=S)NCC(C)C. The molecule has 2 nitrogen and oxygen atoms in total. The van der Waals surface area contributed by atoms with Crippen molar-refractivity contribution in [2.45, 2.75) is 40.0 Å². The molecule has 0 aliphatic carbocycles. The van der Waals surface area contributed by atoms with Crippen LogP contribution in [0, 0.1) is 5.92 Å². The van der Waals surface area contributed by atoms with Crippen LogP contribution in [0.5, 0.6) is 0 Å². The van der Waals surface area contributed by atoms with Gasteiger partial charge in [-0.15, -0.1) is 0 Å². The molecular weight excluding hydrogens is 240 g/mol. The zero-order chi connectivity index (χ0) is 13.5. The van der Waals surface area contributed by atoms with Crippen LogP contribution in [0.1, 0.15) is 45.6 Å². The summed E-state index contributed by atoms with van der Waals surface area (Å²) in [4.78, 5) is 0. The molecule has 0 aliphatic heterocycles. The minimum absolute atomic E-state index is 0.543. The standard InChI is InChI=1S/C15H24N2S/c1-5-12(4)13-8-6-7-9-14(13)17-15(18)16-10-11(2)3/h6-9,11-12H,5,10H2,1-4H3,(H2,16,17,18). The topological polar surface area (TPSA) is 24.1 Å². The Morgan fingerprint density at radius 1 is 1.22 bits per heavy atom. The van der Waals surface area contributed by atoms with E-state index in [1.165, 1.54) is 5.56 Å². The molecule has 2 N–H and O–H groups in total. The second-order valence-corrected chi connectivity index (χ2v) is 5.53. The van der Waals surface area contributed by atoms with Crippen molar-refractivity contribution in [2.24, 2.45) is 5.92 Å². The fraction of sp³-hybridized carbons (Fsp3) is 0.533. The van der Waals surface area contributed by atoms with Gasteiger partial charge in [-0.3, -0.25) is 0 Å². The van der Waals surface area contributed by atoms with E-state index in [2.05, 4.69) is 56.5 Å². The number of nitrogens with one attached hydrogen (secondary N) is 2. The number of thiocarbonyl (C=S) groups is 1. The number of para-hydroxylation sites is 1. The molecule has 0 aromatic heterocycles. The largest absolute Gasteiger partial charge is 0.362 e. The first-order chi connectivity index (χ1) is 8.54. The summed E-state index contributed by atoms with van der Waals surface area (Å²) in [5, 5.41) is 7.24. The molecule has 0 fully saturated rings. The maximum atomic E-state index is 5.31. The fourth-order valence-electron chi connectivity index (χ4n) is 1.72. The van der Waals surface area contributed by atoms with Crippen molar-refractivity contribution in [3.8, 4) is 0 Å². The van der Waals surface area contributed by atoms with E-state index in [4.69, 9.17) is 12.2 Å². The number of hydrogen-bond donors (Lipinski definition) is 2. The molecule has 1 aromatic rings. The minimum Gasteiger partial charge on any atom is -0.362 e. The van der Waals surface area contributed by atoms with Crippen molar-refractivity contribution in [2.75, 3.05) is 11.9 Å². The molecule has 0 spiro atoms. The van der Waals surface area contributed by atoms with Crippen LogP contribution in [0.3, 0.4) is 0 Å². The third-order valence-electron chi connectivity index (χ3n) is 3.02. The molecule has 1 aromatic carbocycles. The minimum atomic E-state index is 0.543. The van der Waals surface area contributed by atoms with Gasteiger partial charge in [0, 0.05) is 12.2 Å². The van der Waals surface area contributed by atoms with Crippen LogP contribution in [0.25, 0.3) is 0 Å². The molecular formula is C15H24N2S. The molecule has 18 heavy (non-hydrogen) atoms. The maximum absolute atomic E-state index is 5.31. The highest BCUT2D eigenvalue weighted by Gasteiger charge is 2.09. The van der Waals surface area contributed by atoms with E-state index in [9.17, 15) is 0 Å². The summed E-state index contributed by atoms with van der Waals surface area (Å²) in [6.07, 6.45) is 1.13. The van der Waals surface area contributed by atoms with Crippen LogP contribution in [0.2, 0.25) is 0 Å². The summed E-state index contributed by atoms with van der Waals surface area (Å²) < 4.78 is 0. The van der Waals surface area contributed by atoms with Crippen molar-refractivity contribution < 1.29 is 0 Å². The highest BCUT2D eigenvalue weighted by Crippen LogP contribution is 2.26. The molecule has 1 unspecified atom stereocenters.